The summed E-state index contributed by atoms with van der Waals surface area (Å²) in [6.07, 6.45) is 7.17. The fourth-order valence-corrected chi connectivity index (χ4v) is 3.32. The first-order valence-corrected chi connectivity index (χ1v) is 8.72. The van der Waals surface area contributed by atoms with Gasteiger partial charge < -0.3 is 10.6 Å². The standard InChI is InChI=1S/C19H22FN3O3/c1-19(14-7-9-15(20)10-8-14)17(25)23(18(26)22-19)12-16(24)21-11-13-5-3-2-4-6-13/h2-3,7-10,13H,4-6,11-12H2,1H3,(H,21,24)(H,22,26). The van der Waals surface area contributed by atoms with Crippen molar-refractivity contribution in [2.24, 2.45) is 5.92 Å². The van der Waals surface area contributed by atoms with Crippen molar-refractivity contribution in [2.75, 3.05) is 13.1 Å². The van der Waals surface area contributed by atoms with Crippen LogP contribution in [0.25, 0.3) is 0 Å². The van der Waals surface area contributed by atoms with Crippen LogP contribution in [0.5, 0.6) is 0 Å². The number of hydrogen-bond acceptors (Lipinski definition) is 3. The van der Waals surface area contributed by atoms with E-state index in [1.54, 1.807) is 6.92 Å². The Morgan fingerprint density at radius 3 is 2.69 bits per heavy atom. The van der Waals surface area contributed by atoms with Crippen molar-refractivity contribution in [2.45, 2.75) is 31.7 Å². The molecule has 3 rings (SSSR count). The highest BCUT2D eigenvalue weighted by molar-refractivity contribution is 6.09. The zero-order valence-corrected chi connectivity index (χ0v) is 14.6. The third-order valence-electron chi connectivity index (χ3n) is 4.96. The number of amides is 4. The Labute approximate surface area is 151 Å². The number of allylic oxidation sites excluding steroid dienone is 2. The quantitative estimate of drug-likeness (QED) is 0.624. The molecule has 2 N–H and O–H groups in total. The lowest BCUT2D eigenvalue weighted by molar-refractivity contribution is -0.134. The summed E-state index contributed by atoms with van der Waals surface area (Å²) in [4.78, 5) is 38.0. The van der Waals surface area contributed by atoms with Crippen molar-refractivity contribution < 1.29 is 18.8 Å². The number of halogens is 1. The van der Waals surface area contributed by atoms with E-state index in [-0.39, 0.29) is 12.5 Å². The van der Waals surface area contributed by atoms with Crippen LogP contribution in [-0.2, 0) is 15.1 Å². The van der Waals surface area contributed by atoms with E-state index in [9.17, 15) is 18.8 Å². The largest absolute Gasteiger partial charge is 0.354 e. The molecule has 6 nitrogen and oxygen atoms in total. The van der Waals surface area contributed by atoms with E-state index in [0.717, 1.165) is 24.2 Å². The van der Waals surface area contributed by atoms with Gasteiger partial charge in [0.15, 0.2) is 0 Å². The summed E-state index contributed by atoms with van der Waals surface area (Å²) in [6, 6.07) is 4.74. The van der Waals surface area contributed by atoms with Gasteiger partial charge in [-0.2, -0.15) is 0 Å². The van der Waals surface area contributed by atoms with Gasteiger partial charge in [-0.05, 0) is 49.8 Å². The van der Waals surface area contributed by atoms with Gasteiger partial charge in [-0.1, -0.05) is 24.3 Å². The molecule has 7 heteroatoms. The second kappa shape index (κ2) is 7.27. The number of hydrogen-bond donors (Lipinski definition) is 2. The Bertz CT molecular complexity index is 747. The van der Waals surface area contributed by atoms with E-state index in [4.69, 9.17) is 0 Å². The number of carbonyl (C=O) groups excluding carboxylic acids is 3. The molecule has 0 saturated carbocycles. The highest BCUT2D eigenvalue weighted by Crippen LogP contribution is 2.28. The van der Waals surface area contributed by atoms with Gasteiger partial charge in [0.25, 0.3) is 5.91 Å². The topological polar surface area (TPSA) is 78.5 Å². The molecule has 1 aliphatic carbocycles. The maximum absolute atomic E-state index is 13.1. The predicted octanol–water partition coefficient (Wildman–Crippen LogP) is 2.07. The lowest BCUT2D eigenvalue weighted by atomic mass is 9.92. The third kappa shape index (κ3) is 3.61. The highest BCUT2D eigenvalue weighted by Gasteiger charge is 2.49. The molecule has 26 heavy (non-hydrogen) atoms. The smallest absolute Gasteiger partial charge is 0.325 e. The van der Waals surface area contributed by atoms with E-state index in [1.807, 2.05) is 0 Å². The number of rotatable bonds is 5. The maximum Gasteiger partial charge on any atom is 0.325 e. The number of nitrogens with zero attached hydrogens (tertiary/aromatic N) is 1. The van der Waals surface area contributed by atoms with Crippen molar-refractivity contribution in [1.29, 1.82) is 0 Å². The number of nitrogens with one attached hydrogen (secondary N) is 2. The lowest BCUT2D eigenvalue weighted by Gasteiger charge is -2.22. The molecule has 2 aliphatic rings. The molecule has 1 aliphatic heterocycles. The number of imide groups is 1. The van der Waals surface area contributed by atoms with Crippen molar-refractivity contribution in [3.63, 3.8) is 0 Å². The van der Waals surface area contributed by atoms with E-state index in [0.29, 0.717) is 18.0 Å². The summed E-state index contributed by atoms with van der Waals surface area (Å²) in [5.74, 6) is -0.935. The van der Waals surface area contributed by atoms with Crippen LogP contribution in [0.4, 0.5) is 9.18 Å². The maximum atomic E-state index is 13.1. The van der Waals surface area contributed by atoms with Crippen LogP contribution in [0.15, 0.2) is 36.4 Å². The summed E-state index contributed by atoms with van der Waals surface area (Å²) in [6.45, 7) is 1.75. The van der Waals surface area contributed by atoms with Crippen LogP contribution >= 0.6 is 0 Å². The van der Waals surface area contributed by atoms with Crippen molar-refractivity contribution >= 4 is 17.8 Å². The summed E-state index contributed by atoms with van der Waals surface area (Å²) in [5, 5.41) is 5.40. The monoisotopic (exact) mass is 359 g/mol. The zero-order valence-electron chi connectivity index (χ0n) is 14.6. The van der Waals surface area contributed by atoms with Gasteiger partial charge in [0, 0.05) is 6.54 Å². The Kier molecular flexibility index (Phi) is 5.06. The molecule has 1 fully saturated rings. The molecule has 0 spiro atoms. The fraction of sp³-hybridized carbons (Fsp3) is 0.421. The van der Waals surface area contributed by atoms with Gasteiger partial charge in [0.05, 0.1) is 0 Å². The van der Waals surface area contributed by atoms with Crippen LogP contribution in [0, 0.1) is 11.7 Å². The van der Waals surface area contributed by atoms with E-state index < -0.39 is 23.3 Å². The minimum atomic E-state index is -1.31. The highest BCUT2D eigenvalue weighted by atomic mass is 19.1. The number of benzene rings is 1. The minimum Gasteiger partial charge on any atom is -0.354 e. The summed E-state index contributed by atoms with van der Waals surface area (Å²) >= 11 is 0. The molecular weight excluding hydrogens is 337 g/mol. The number of urea groups is 1. The van der Waals surface area contributed by atoms with Crippen molar-refractivity contribution in [1.82, 2.24) is 15.5 Å². The van der Waals surface area contributed by atoms with Crippen LogP contribution in [0.3, 0.4) is 0 Å². The molecule has 2 unspecified atom stereocenters. The van der Waals surface area contributed by atoms with Gasteiger partial charge in [-0.25, -0.2) is 9.18 Å². The van der Waals surface area contributed by atoms with Gasteiger partial charge in [0.2, 0.25) is 5.91 Å². The first-order valence-electron chi connectivity index (χ1n) is 8.72. The Morgan fingerprint density at radius 1 is 1.31 bits per heavy atom. The molecule has 1 aromatic rings. The molecule has 1 heterocycles. The van der Waals surface area contributed by atoms with Crippen molar-refractivity contribution in [3.8, 4) is 0 Å². The molecule has 0 aromatic heterocycles. The van der Waals surface area contributed by atoms with E-state index in [2.05, 4.69) is 22.8 Å². The minimum absolute atomic E-state index is 0.329. The Hall–Kier alpha value is -2.70. The second-order valence-electron chi connectivity index (χ2n) is 6.91. The molecule has 0 bridgehead atoms. The van der Waals surface area contributed by atoms with Gasteiger partial charge in [-0.3, -0.25) is 14.5 Å². The second-order valence-corrected chi connectivity index (χ2v) is 6.91. The van der Waals surface area contributed by atoms with Crippen LogP contribution < -0.4 is 10.6 Å². The predicted molar refractivity (Wildman–Crippen MR) is 93.5 cm³/mol. The first kappa shape index (κ1) is 18.1. The number of carbonyl (C=O) groups is 3. The summed E-state index contributed by atoms with van der Waals surface area (Å²) in [5.41, 5.74) is -0.840. The Morgan fingerprint density at radius 2 is 2.04 bits per heavy atom. The van der Waals surface area contributed by atoms with E-state index >= 15 is 0 Å². The lowest BCUT2D eigenvalue weighted by Crippen LogP contribution is -2.44. The van der Waals surface area contributed by atoms with Crippen molar-refractivity contribution in [3.05, 3.63) is 47.8 Å². The third-order valence-corrected chi connectivity index (χ3v) is 4.96. The summed E-state index contributed by atoms with van der Waals surface area (Å²) in [7, 11) is 0. The zero-order chi connectivity index (χ0) is 18.7. The van der Waals surface area contributed by atoms with E-state index in [1.165, 1.54) is 24.3 Å². The van der Waals surface area contributed by atoms with Gasteiger partial charge >= 0.3 is 6.03 Å². The molecule has 138 valence electrons. The average molecular weight is 359 g/mol. The molecule has 4 amide bonds. The van der Waals surface area contributed by atoms with Crippen LogP contribution in [0.1, 0.15) is 31.7 Å². The Balaban J connectivity index is 1.62. The molecule has 2 atom stereocenters. The SMILES string of the molecule is CC1(c2ccc(F)cc2)NC(=O)N(CC(=O)NCC2CC=CCC2)C1=O. The fourth-order valence-electron chi connectivity index (χ4n) is 3.32. The normalized spacial score (nSPS) is 25.3. The first-order chi connectivity index (χ1) is 12.4. The summed E-state index contributed by atoms with van der Waals surface area (Å²) < 4.78 is 13.1. The molecule has 0 radical (unpaired) electrons. The van der Waals surface area contributed by atoms with Gasteiger partial charge in [0.1, 0.15) is 17.9 Å². The molecule has 1 aromatic carbocycles. The molecule has 1 saturated heterocycles. The van der Waals surface area contributed by atoms with Crippen LogP contribution in [0.2, 0.25) is 0 Å². The average Bonchev–Trinajstić information content (AvgIpc) is 2.85. The molecular formula is C19H22FN3O3. The van der Waals surface area contributed by atoms with Crippen LogP contribution in [-0.4, -0.2) is 35.8 Å². The van der Waals surface area contributed by atoms with Gasteiger partial charge in [-0.15, -0.1) is 0 Å².